The van der Waals surface area contributed by atoms with E-state index in [2.05, 4.69) is 37.8 Å². The molecule has 2 heteroatoms. The predicted octanol–water partition coefficient (Wildman–Crippen LogP) is 2.52. The lowest BCUT2D eigenvalue weighted by atomic mass is 10.3. The van der Waals surface area contributed by atoms with Gasteiger partial charge >= 0.3 is 0 Å². The lowest BCUT2D eigenvalue weighted by Gasteiger charge is -2.21. The molecule has 0 aromatic rings. The number of hydrogen-bond donors (Lipinski definition) is 0. The summed E-state index contributed by atoms with van der Waals surface area (Å²) >= 11 is 0. The van der Waals surface area contributed by atoms with E-state index in [-0.39, 0.29) is 0 Å². The molecule has 0 amide bonds. The van der Waals surface area contributed by atoms with Gasteiger partial charge < -0.3 is 4.90 Å². The molecule has 0 aromatic carbocycles. The van der Waals surface area contributed by atoms with Crippen LogP contribution < -0.4 is 0 Å². The Bertz CT molecular complexity index is 159. The van der Waals surface area contributed by atoms with E-state index < -0.39 is 8.80 Å². The molecule has 1 saturated heterocycles. The van der Waals surface area contributed by atoms with Crippen molar-refractivity contribution in [3.63, 3.8) is 0 Å². The maximum Gasteiger partial charge on any atom is 0.0452 e. The van der Waals surface area contributed by atoms with Crippen LogP contribution >= 0.6 is 0 Å². The van der Waals surface area contributed by atoms with Crippen molar-refractivity contribution in [1.29, 1.82) is 0 Å². The second kappa shape index (κ2) is 5.61. The zero-order valence-electron chi connectivity index (χ0n) is 9.29. The van der Waals surface area contributed by atoms with Gasteiger partial charge in [-0.15, -0.1) is 0 Å². The highest BCUT2D eigenvalue weighted by Crippen LogP contribution is 2.23. The summed E-state index contributed by atoms with van der Waals surface area (Å²) < 4.78 is 0. The maximum atomic E-state index is 2.57. The van der Waals surface area contributed by atoms with Crippen molar-refractivity contribution in [3.8, 4) is 0 Å². The average molecular weight is 197 g/mol. The van der Waals surface area contributed by atoms with Gasteiger partial charge in [-0.1, -0.05) is 38.1 Å². The summed E-state index contributed by atoms with van der Waals surface area (Å²) in [6, 6.07) is 2.92. The number of allylic oxidation sites excluding steroid dienone is 1. The van der Waals surface area contributed by atoms with Crippen molar-refractivity contribution in [2.24, 2.45) is 0 Å². The smallest absolute Gasteiger partial charge is 0.0452 e. The van der Waals surface area contributed by atoms with Crippen LogP contribution in [0.15, 0.2) is 12.2 Å². The minimum Gasteiger partial charge on any atom is -0.301 e. The first-order valence-electron chi connectivity index (χ1n) is 5.66. The lowest BCUT2D eigenvalue weighted by Crippen LogP contribution is -2.23. The summed E-state index contributed by atoms with van der Waals surface area (Å²) in [5.41, 5.74) is 0.933. The van der Waals surface area contributed by atoms with Crippen molar-refractivity contribution in [2.45, 2.75) is 38.4 Å². The maximum absolute atomic E-state index is 2.57. The van der Waals surface area contributed by atoms with E-state index in [4.69, 9.17) is 0 Å². The molecule has 1 rings (SSSR count). The highest BCUT2D eigenvalue weighted by molar-refractivity contribution is 6.60. The summed E-state index contributed by atoms with van der Waals surface area (Å²) in [6.07, 6.45) is 4.71. The Labute approximate surface area is 84.4 Å². The SMILES string of the molecule is CC=CC(CN1CC1)[SiH](CC)CC. The third-order valence-electron chi connectivity index (χ3n) is 3.10. The van der Waals surface area contributed by atoms with Crippen molar-refractivity contribution in [2.75, 3.05) is 19.6 Å². The second-order valence-corrected chi connectivity index (χ2v) is 8.08. The largest absolute Gasteiger partial charge is 0.301 e. The standard InChI is InChI=1S/C11H23NSi/c1-4-7-11(10-12-8-9-12)13(5-2)6-3/h4,7,11,13H,5-6,8-10H2,1-3H3. The minimum absolute atomic E-state index is 0.469. The molecule has 0 aliphatic carbocycles. The van der Waals surface area contributed by atoms with Gasteiger partial charge in [0, 0.05) is 28.4 Å². The first kappa shape index (κ1) is 11.0. The van der Waals surface area contributed by atoms with E-state index in [1.807, 2.05) is 0 Å². The number of nitrogens with zero attached hydrogens (tertiary/aromatic N) is 1. The number of rotatable bonds is 6. The third-order valence-corrected chi connectivity index (χ3v) is 6.84. The molecule has 0 saturated carbocycles. The molecular formula is C11H23NSi. The molecule has 1 unspecified atom stereocenters. The molecule has 0 bridgehead atoms. The Hall–Kier alpha value is -0.0831. The monoisotopic (exact) mass is 197 g/mol. The van der Waals surface area contributed by atoms with Gasteiger partial charge in [0.25, 0.3) is 0 Å². The van der Waals surface area contributed by atoms with E-state index in [0.717, 1.165) is 5.54 Å². The van der Waals surface area contributed by atoms with Crippen LogP contribution in [-0.2, 0) is 0 Å². The Balaban J connectivity index is 2.42. The molecule has 1 aliphatic heterocycles. The molecule has 0 N–H and O–H groups in total. The molecule has 1 atom stereocenters. The normalized spacial score (nSPS) is 20.0. The fraction of sp³-hybridized carbons (Fsp3) is 0.818. The van der Waals surface area contributed by atoms with Crippen LogP contribution in [0.5, 0.6) is 0 Å². The fourth-order valence-electron chi connectivity index (χ4n) is 2.06. The van der Waals surface area contributed by atoms with Crippen LogP contribution in [0, 0.1) is 0 Å². The Morgan fingerprint density at radius 2 is 1.92 bits per heavy atom. The Kier molecular flexibility index (Phi) is 4.74. The van der Waals surface area contributed by atoms with Crippen LogP contribution in [0.1, 0.15) is 20.8 Å². The molecular weight excluding hydrogens is 174 g/mol. The van der Waals surface area contributed by atoms with E-state index in [1.165, 1.54) is 31.7 Å². The summed E-state index contributed by atoms with van der Waals surface area (Å²) in [7, 11) is -0.469. The summed E-state index contributed by atoms with van der Waals surface area (Å²) in [4.78, 5) is 2.57. The molecule has 0 spiro atoms. The highest BCUT2D eigenvalue weighted by atomic mass is 28.3. The van der Waals surface area contributed by atoms with Crippen LogP contribution in [0.2, 0.25) is 17.6 Å². The van der Waals surface area contributed by atoms with Gasteiger partial charge in [-0.05, 0) is 12.5 Å². The minimum atomic E-state index is -0.469. The van der Waals surface area contributed by atoms with Gasteiger partial charge in [0.05, 0.1) is 0 Å². The van der Waals surface area contributed by atoms with Crippen molar-refractivity contribution in [1.82, 2.24) is 4.90 Å². The number of hydrogen-bond acceptors (Lipinski definition) is 1. The molecule has 1 fully saturated rings. The Morgan fingerprint density at radius 1 is 1.31 bits per heavy atom. The lowest BCUT2D eigenvalue weighted by molar-refractivity contribution is 0.561. The molecule has 1 heterocycles. The van der Waals surface area contributed by atoms with E-state index in [9.17, 15) is 0 Å². The summed E-state index contributed by atoms with van der Waals surface area (Å²) in [6.45, 7) is 11.0. The van der Waals surface area contributed by atoms with Crippen LogP contribution in [0.4, 0.5) is 0 Å². The summed E-state index contributed by atoms with van der Waals surface area (Å²) in [5.74, 6) is 0. The van der Waals surface area contributed by atoms with Gasteiger partial charge in [-0.3, -0.25) is 0 Å². The van der Waals surface area contributed by atoms with Gasteiger partial charge in [0.15, 0.2) is 0 Å². The van der Waals surface area contributed by atoms with Gasteiger partial charge in [-0.25, -0.2) is 0 Å². The van der Waals surface area contributed by atoms with Crippen molar-refractivity contribution < 1.29 is 0 Å². The third kappa shape index (κ3) is 3.65. The fourth-order valence-corrected chi connectivity index (χ4v) is 4.98. The topological polar surface area (TPSA) is 3.01 Å². The second-order valence-electron chi connectivity index (χ2n) is 4.07. The first-order valence-corrected chi connectivity index (χ1v) is 7.96. The molecule has 1 aliphatic rings. The van der Waals surface area contributed by atoms with Gasteiger partial charge in [0.1, 0.15) is 0 Å². The van der Waals surface area contributed by atoms with Crippen LogP contribution in [0.25, 0.3) is 0 Å². The van der Waals surface area contributed by atoms with Crippen LogP contribution in [0.3, 0.4) is 0 Å². The summed E-state index contributed by atoms with van der Waals surface area (Å²) in [5, 5.41) is 0. The van der Waals surface area contributed by atoms with Gasteiger partial charge in [-0.2, -0.15) is 0 Å². The van der Waals surface area contributed by atoms with Gasteiger partial charge in [0.2, 0.25) is 0 Å². The first-order chi connectivity index (χ1) is 6.31. The quantitative estimate of drug-likeness (QED) is 0.359. The van der Waals surface area contributed by atoms with Crippen LogP contribution in [-0.4, -0.2) is 33.3 Å². The van der Waals surface area contributed by atoms with Crippen molar-refractivity contribution >= 4 is 8.80 Å². The molecule has 0 aromatic heterocycles. The average Bonchev–Trinajstić information content (AvgIpc) is 2.91. The predicted molar refractivity (Wildman–Crippen MR) is 63.1 cm³/mol. The molecule has 13 heavy (non-hydrogen) atoms. The van der Waals surface area contributed by atoms with E-state index in [1.54, 1.807) is 0 Å². The molecule has 76 valence electrons. The van der Waals surface area contributed by atoms with E-state index >= 15 is 0 Å². The highest BCUT2D eigenvalue weighted by Gasteiger charge is 2.24. The molecule has 1 nitrogen and oxygen atoms in total. The zero-order chi connectivity index (χ0) is 9.68. The Morgan fingerprint density at radius 3 is 2.31 bits per heavy atom. The van der Waals surface area contributed by atoms with Crippen molar-refractivity contribution in [3.05, 3.63) is 12.2 Å². The zero-order valence-corrected chi connectivity index (χ0v) is 10.4. The van der Waals surface area contributed by atoms with E-state index in [0.29, 0.717) is 0 Å². The molecule has 0 radical (unpaired) electrons.